The standard InChI is InChI=1S/C11H11Cl2O/c12-10-7-4-6-9(11(10)13)5-2-1-3-8-14/h2,4,6-8H,1,3,5H2. The van der Waals surface area contributed by atoms with Crippen LogP contribution in [0.4, 0.5) is 0 Å². The number of halogens is 2. The summed E-state index contributed by atoms with van der Waals surface area (Å²) in [6, 6.07) is 5.57. The van der Waals surface area contributed by atoms with Crippen molar-refractivity contribution in [3.63, 3.8) is 0 Å². The molecule has 0 saturated carbocycles. The molecule has 0 atom stereocenters. The number of benzene rings is 1. The van der Waals surface area contributed by atoms with E-state index < -0.39 is 0 Å². The van der Waals surface area contributed by atoms with Crippen LogP contribution in [0.2, 0.25) is 10.0 Å². The molecule has 1 radical (unpaired) electrons. The Morgan fingerprint density at radius 3 is 2.71 bits per heavy atom. The third-order valence-corrected chi connectivity index (χ3v) is 2.74. The van der Waals surface area contributed by atoms with Gasteiger partial charge in [0.15, 0.2) is 0 Å². The predicted octanol–water partition coefficient (Wildman–Crippen LogP) is 3.72. The van der Waals surface area contributed by atoms with Gasteiger partial charge in [-0.2, -0.15) is 0 Å². The fourth-order valence-corrected chi connectivity index (χ4v) is 1.55. The van der Waals surface area contributed by atoms with E-state index in [2.05, 4.69) is 0 Å². The Kier molecular flexibility index (Phi) is 4.99. The lowest BCUT2D eigenvalue weighted by Gasteiger charge is -2.04. The van der Waals surface area contributed by atoms with E-state index in [1.807, 2.05) is 18.6 Å². The van der Waals surface area contributed by atoms with E-state index in [9.17, 15) is 4.79 Å². The maximum Gasteiger partial charge on any atom is 0.120 e. The van der Waals surface area contributed by atoms with E-state index in [-0.39, 0.29) is 0 Å². The van der Waals surface area contributed by atoms with Crippen LogP contribution < -0.4 is 0 Å². The zero-order valence-electron chi connectivity index (χ0n) is 7.67. The van der Waals surface area contributed by atoms with Crippen LogP contribution in [0.5, 0.6) is 0 Å². The van der Waals surface area contributed by atoms with Crippen LogP contribution in [0.25, 0.3) is 0 Å². The number of aldehydes is 1. The van der Waals surface area contributed by atoms with Gasteiger partial charge in [0.2, 0.25) is 0 Å². The number of hydrogen-bond donors (Lipinski definition) is 0. The normalized spacial score (nSPS) is 10.1. The summed E-state index contributed by atoms with van der Waals surface area (Å²) in [6.45, 7) is 0. The van der Waals surface area contributed by atoms with Gasteiger partial charge in [-0.3, -0.25) is 0 Å². The van der Waals surface area contributed by atoms with Crippen molar-refractivity contribution in [1.29, 1.82) is 0 Å². The van der Waals surface area contributed by atoms with Crippen LogP contribution in [0.15, 0.2) is 18.2 Å². The highest BCUT2D eigenvalue weighted by Gasteiger charge is 2.03. The van der Waals surface area contributed by atoms with Gasteiger partial charge in [0.25, 0.3) is 0 Å². The molecule has 0 heterocycles. The Hall–Kier alpha value is -0.530. The monoisotopic (exact) mass is 229 g/mol. The Morgan fingerprint density at radius 1 is 1.21 bits per heavy atom. The molecule has 0 aromatic heterocycles. The Morgan fingerprint density at radius 2 is 2.00 bits per heavy atom. The van der Waals surface area contributed by atoms with Crippen molar-refractivity contribution in [1.82, 2.24) is 0 Å². The lowest BCUT2D eigenvalue weighted by molar-refractivity contribution is -0.107. The van der Waals surface area contributed by atoms with Crippen LogP contribution in [-0.2, 0) is 11.2 Å². The summed E-state index contributed by atoms with van der Waals surface area (Å²) >= 11 is 11.8. The molecule has 0 unspecified atom stereocenters. The van der Waals surface area contributed by atoms with E-state index in [4.69, 9.17) is 23.2 Å². The second-order valence-electron chi connectivity index (χ2n) is 2.95. The number of carbonyl (C=O) groups is 1. The third-order valence-electron chi connectivity index (χ3n) is 1.88. The van der Waals surface area contributed by atoms with Crippen molar-refractivity contribution in [2.45, 2.75) is 19.3 Å². The molecule has 0 aliphatic heterocycles. The van der Waals surface area contributed by atoms with Gasteiger partial charge in [0.05, 0.1) is 10.0 Å². The van der Waals surface area contributed by atoms with Crippen LogP contribution in [0.3, 0.4) is 0 Å². The fourth-order valence-electron chi connectivity index (χ4n) is 1.15. The SMILES string of the molecule is O=CCC[CH]Cc1cccc(Cl)c1Cl. The first-order valence-corrected chi connectivity index (χ1v) is 5.19. The molecule has 0 saturated heterocycles. The van der Waals surface area contributed by atoms with Gasteiger partial charge < -0.3 is 4.79 Å². The van der Waals surface area contributed by atoms with Gasteiger partial charge in [0.1, 0.15) is 6.29 Å². The first-order chi connectivity index (χ1) is 6.75. The minimum Gasteiger partial charge on any atom is -0.303 e. The first-order valence-electron chi connectivity index (χ1n) is 4.44. The molecule has 1 rings (SSSR count). The highest BCUT2D eigenvalue weighted by molar-refractivity contribution is 6.42. The molecular formula is C11H11Cl2O. The smallest absolute Gasteiger partial charge is 0.120 e. The molecule has 14 heavy (non-hydrogen) atoms. The predicted molar refractivity (Wildman–Crippen MR) is 59.8 cm³/mol. The Bertz CT molecular complexity index is 310. The second-order valence-corrected chi connectivity index (χ2v) is 3.73. The van der Waals surface area contributed by atoms with Crippen molar-refractivity contribution in [2.24, 2.45) is 0 Å². The number of carbonyl (C=O) groups excluding carboxylic acids is 1. The van der Waals surface area contributed by atoms with Gasteiger partial charge in [-0.1, -0.05) is 35.3 Å². The minimum absolute atomic E-state index is 0.568. The highest BCUT2D eigenvalue weighted by Crippen LogP contribution is 2.26. The third kappa shape index (κ3) is 3.32. The van der Waals surface area contributed by atoms with E-state index in [0.717, 1.165) is 24.7 Å². The van der Waals surface area contributed by atoms with E-state index >= 15 is 0 Å². The molecule has 0 spiro atoms. The van der Waals surface area contributed by atoms with Gasteiger partial charge in [-0.15, -0.1) is 0 Å². The molecule has 0 bridgehead atoms. The maximum absolute atomic E-state index is 10.1. The summed E-state index contributed by atoms with van der Waals surface area (Å²) in [6.07, 6.45) is 5.06. The minimum atomic E-state index is 0.568. The summed E-state index contributed by atoms with van der Waals surface area (Å²) in [5, 5.41) is 1.18. The molecule has 1 nitrogen and oxygen atoms in total. The van der Waals surface area contributed by atoms with E-state index in [1.54, 1.807) is 6.07 Å². The highest BCUT2D eigenvalue weighted by atomic mass is 35.5. The van der Waals surface area contributed by atoms with Crippen molar-refractivity contribution >= 4 is 29.5 Å². The molecule has 0 amide bonds. The molecule has 1 aromatic carbocycles. The van der Waals surface area contributed by atoms with Gasteiger partial charge in [-0.05, 0) is 30.9 Å². The van der Waals surface area contributed by atoms with Crippen molar-refractivity contribution < 1.29 is 4.79 Å². The number of unbranched alkanes of at least 4 members (excludes halogenated alkanes) is 2. The van der Waals surface area contributed by atoms with Crippen molar-refractivity contribution in [2.75, 3.05) is 0 Å². The second kappa shape index (κ2) is 6.05. The Labute approximate surface area is 94.0 Å². The lowest BCUT2D eigenvalue weighted by atomic mass is 10.1. The Balaban J connectivity index is 2.50. The van der Waals surface area contributed by atoms with Crippen LogP contribution in [0, 0.1) is 6.42 Å². The summed E-state index contributed by atoms with van der Waals surface area (Å²) in [5.74, 6) is 0. The number of hydrogen-bond acceptors (Lipinski definition) is 1. The zero-order valence-corrected chi connectivity index (χ0v) is 9.18. The summed E-state index contributed by atoms with van der Waals surface area (Å²) in [5.41, 5.74) is 1.00. The molecule has 3 heteroatoms. The molecule has 0 fully saturated rings. The van der Waals surface area contributed by atoms with Crippen molar-refractivity contribution in [3.8, 4) is 0 Å². The summed E-state index contributed by atoms with van der Waals surface area (Å²) < 4.78 is 0. The molecule has 75 valence electrons. The summed E-state index contributed by atoms with van der Waals surface area (Å²) in [4.78, 5) is 10.1. The maximum atomic E-state index is 10.1. The van der Waals surface area contributed by atoms with E-state index in [0.29, 0.717) is 16.5 Å². The quantitative estimate of drug-likeness (QED) is 0.556. The van der Waals surface area contributed by atoms with Crippen molar-refractivity contribution in [3.05, 3.63) is 40.2 Å². The molecule has 0 N–H and O–H groups in total. The number of rotatable bonds is 5. The first kappa shape index (κ1) is 11.5. The molecule has 0 aliphatic carbocycles. The summed E-state index contributed by atoms with van der Waals surface area (Å²) in [7, 11) is 0. The molecular weight excluding hydrogens is 219 g/mol. The van der Waals surface area contributed by atoms with Crippen LogP contribution in [0.1, 0.15) is 18.4 Å². The van der Waals surface area contributed by atoms with Crippen LogP contribution >= 0.6 is 23.2 Å². The molecule has 0 aliphatic rings. The average Bonchev–Trinajstić information content (AvgIpc) is 2.19. The fraction of sp³-hybridized carbons (Fsp3) is 0.273. The van der Waals surface area contributed by atoms with Gasteiger partial charge in [0, 0.05) is 6.42 Å². The van der Waals surface area contributed by atoms with Gasteiger partial charge >= 0.3 is 0 Å². The average molecular weight is 230 g/mol. The molecule has 1 aromatic rings. The van der Waals surface area contributed by atoms with Crippen LogP contribution in [-0.4, -0.2) is 6.29 Å². The topological polar surface area (TPSA) is 17.1 Å². The van der Waals surface area contributed by atoms with E-state index in [1.165, 1.54) is 0 Å². The van der Waals surface area contributed by atoms with Gasteiger partial charge in [-0.25, -0.2) is 0 Å². The lowest BCUT2D eigenvalue weighted by Crippen LogP contribution is -1.89. The zero-order chi connectivity index (χ0) is 10.4. The largest absolute Gasteiger partial charge is 0.303 e.